The van der Waals surface area contributed by atoms with Gasteiger partial charge in [0.25, 0.3) is 0 Å². The zero-order valence-corrected chi connectivity index (χ0v) is 36.0. The van der Waals surface area contributed by atoms with Gasteiger partial charge in [-0.05, 0) is 83.9 Å². The van der Waals surface area contributed by atoms with E-state index in [1.807, 2.05) is 60.7 Å². The highest BCUT2D eigenvalue weighted by molar-refractivity contribution is 7.00. The third-order valence-corrected chi connectivity index (χ3v) is 11.2. The molecule has 0 radical (unpaired) electrons. The summed E-state index contributed by atoms with van der Waals surface area (Å²) in [4.78, 5) is 3.44. The van der Waals surface area contributed by atoms with Crippen LogP contribution >= 0.6 is 11.7 Å². The summed E-state index contributed by atoms with van der Waals surface area (Å²) in [6.07, 6.45) is 26.1. The van der Waals surface area contributed by atoms with Gasteiger partial charge in [-0.15, -0.1) is 20.4 Å². The van der Waals surface area contributed by atoms with E-state index >= 15 is 0 Å². The zero-order chi connectivity index (χ0) is 40.7. The van der Waals surface area contributed by atoms with E-state index in [4.69, 9.17) is 0 Å². The number of hydrogen-bond donors (Lipinski definition) is 0. The Hall–Kier alpha value is -5.26. The summed E-state index contributed by atoms with van der Waals surface area (Å²) in [5, 5.41) is 26.4. The van der Waals surface area contributed by atoms with Crippen LogP contribution in [0.5, 0.6) is 0 Å². The highest BCUT2D eigenvalue weighted by Gasteiger charge is 2.10. The summed E-state index contributed by atoms with van der Waals surface area (Å²) in [5.41, 5.74) is 6.79. The van der Waals surface area contributed by atoms with Crippen LogP contribution in [0.15, 0.2) is 60.7 Å². The molecule has 0 atom stereocenters. The summed E-state index contributed by atoms with van der Waals surface area (Å²) >= 11 is 1.17. The Labute approximate surface area is 355 Å². The summed E-state index contributed by atoms with van der Waals surface area (Å²) in [7, 11) is 0. The lowest BCUT2D eigenvalue weighted by molar-refractivity contribution is 0.471. The first-order valence-electron chi connectivity index (χ1n) is 22.3. The SMILES string of the molecule is CCCCCCCCCCCCn1nnc(-c2ccc(C#Cc3ccc(C#Cc4ccc(-c5nnn(CCCCCCCCCCCC)n5)cc4)c4nsnc34)cc2)n1. The lowest BCUT2D eigenvalue weighted by atomic mass is 10.1. The smallest absolute Gasteiger partial charge is 0.172 e. The number of aromatic nitrogens is 10. The van der Waals surface area contributed by atoms with E-state index in [2.05, 4.69) is 77.1 Å². The van der Waals surface area contributed by atoms with Crippen LogP contribution in [0.4, 0.5) is 0 Å². The summed E-state index contributed by atoms with van der Waals surface area (Å²) < 4.78 is 9.12. The predicted molar refractivity (Wildman–Crippen MR) is 240 cm³/mol. The van der Waals surface area contributed by atoms with Gasteiger partial charge in [-0.3, -0.25) is 0 Å². The molecule has 3 aromatic carbocycles. The van der Waals surface area contributed by atoms with Crippen LogP contribution in [0.3, 0.4) is 0 Å². The van der Waals surface area contributed by atoms with Crippen molar-refractivity contribution >= 4 is 22.8 Å². The predicted octanol–water partition coefficient (Wildman–Crippen LogP) is 11.6. The molecule has 0 spiro atoms. The van der Waals surface area contributed by atoms with Gasteiger partial charge in [-0.1, -0.05) is 153 Å². The highest BCUT2D eigenvalue weighted by atomic mass is 32.1. The minimum Gasteiger partial charge on any atom is -0.172 e. The summed E-state index contributed by atoms with van der Waals surface area (Å²) in [6.45, 7) is 6.14. The van der Waals surface area contributed by atoms with Gasteiger partial charge >= 0.3 is 0 Å². The van der Waals surface area contributed by atoms with Crippen LogP contribution in [0.1, 0.15) is 165 Å². The number of rotatable bonds is 24. The molecule has 3 aromatic heterocycles. The first kappa shape index (κ1) is 43.3. The Morgan fingerprint density at radius 1 is 0.424 bits per heavy atom. The molecule has 0 saturated carbocycles. The second-order valence-electron chi connectivity index (χ2n) is 15.6. The molecular weight excluding hydrogens is 749 g/mol. The van der Waals surface area contributed by atoms with Crippen molar-refractivity contribution in [2.75, 3.05) is 0 Å². The van der Waals surface area contributed by atoms with Crippen molar-refractivity contribution in [3.63, 3.8) is 0 Å². The Morgan fingerprint density at radius 3 is 1.15 bits per heavy atom. The van der Waals surface area contributed by atoms with E-state index in [0.29, 0.717) is 11.6 Å². The molecule has 0 bridgehead atoms. The lowest BCUT2D eigenvalue weighted by Gasteiger charge is -2.02. The van der Waals surface area contributed by atoms with Crippen LogP contribution in [0.25, 0.3) is 33.8 Å². The number of benzene rings is 3. The Morgan fingerprint density at radius 2 is 0.780 bits per heavy atom. The molecule has 6 aromatic rings. The van der Waals surface area contributed by atoms with Crippen molar-refractivity contribution in [2.45, 2.75) is 155 Å². The molecule has 0 unspecified atom stereocenters. The van der Waals surface area contributed by atoms with E-state index in [9.17, 15) is 0 Å². The number of unbranched alkanes of at least 4 members (excludes halogenated alkanes) is 18. The first-order valence-corrected chi connectivity index (χ1v) is 23.0. The van der Waals surface area contributed by atoms with Crippen molar-refractivity contribution in [3.05, 3.63) is 82.9 Å². The molecule has 0 amide bonds. The summed E-state index contributed by atoms with van der Waals surface area (Å²) in [5.74, 6) is 14.4. The zero-order valence-electron chi connectivity index (χ0n) is 35.2. The Kier molecular flexibility index (Phi) is 18.1. The molecule has 6 rings (SSSR count). The van der Waals surface area contributed by atoms with Crippen molar-refractivity contribution < 1.29 is 0 Å². The summed E-state index contributed by atoms with van der Waals surface area (Å²) in [6, 6.07) is 19.9. The molecular formula is C48H60N10S. The molecule has 0 saturated heterocycles. The molecule has 308 valence electrons. The van der Waals surface area contributed by atoms with E-state index < -0.39 is 0 Å². The number of tetrazole rings is 2. The van der Waals surface area contributed by atoms with Gasteiger partial charge in [0.1, 0.15) is 11.0 Å². The molecule has 0 fully saturated rings. The van der Waals surface area contributed by atoms with Gasteiger partial charge in [0.15, 0.2) is 0 Å². The maximum absolute atomic E-state index is 4.62. The standard InChI is InChI=1S/C48H60N10S/c1-3-5-7-9-11-13-15-17-19-21-37-57-51-47(49-55-57)43-31-25-39(26-32-43)23-29-41-35-36-42(46-45(41)53-59-54-46)30-24-40-27-33-44(34-28-40)48-50-56-58(52-48)38-22-20-18-16-14-12-10-8-6-4-2/h25-28,31-36H,3-22,37-38H2,1-2H3. The second kappa shape index (κ2) is 24.6. The number of nitrogens with zero attached hydrogens (tertiary/aromatic N) is 10. The van der Waals surface area contributed by atoms with Crippen molar-refractivity contribution in [3.8, 4) is 46.5 Å². The van der Waals surface area contributed by atoms with E-state index in [1.165, 1.54) is 127 Å². The molecule has 59 heavy (non-hydrogen) atoms. The van der Waals surface area contributed by atoms with Crippen molar-refractivity contribution in [1.82, 2.24) is 49.2 Å². The van der Waals surface area contributed by atoms with Gasteiger partial charge in [0.05, 0.1) is 35.9 Å². The maximum Gasteiger partial charge on any atom is 0.204 e. The average Bonchev–Trinajstić information content (AvgIpc) is 4.07. The topological polar surface area (TPSA) is 113 Å². The largest absolute Gasteiger partial charge is 0.204 e. The monoisotopic (exact) mass is 808 g/mol. The average molecular weight is 809 g/mol. The fourth-order valence-corrected chi connectivity index (χ4v) is 7.71. The van der Waals surface area contributed by atoms with Gasteiger partial charge < -0.3 is 0 Å². The number of fused-ring (bicyclic) bond motifs is 1. The van der Waals surface area contributed by atoms with Crippen LogP contribution in [0, 0.1) is 23.7 Å². The van der Waals surface area contributed by atoms with Gasteiger partial charge in [-0.2, -0.15) is 18.3 Å². The third-order valence-electron chi connectivity index (χ3n) is 10.7. The number of aryl methyl sites for hydroxylation is 2. The lowest BCUT2D eigenvalue weighted by Crippen LogP contribution is -2.02. The van der Waals surface area contributed by atoms with Gasteiger partial charge in [-0.25, -0.2) is 0 Å². The van der Waals surface area contributed by atoms with E-state index in [0.717, 1.165) is 70.3 Å². The Bertz CT molecular complexity index is 2090. The Balaban J connectivity index is 0.952. The molecule has 10 nitrogen and oxygen atoms in total. The van der Waals surface area contributed by atoms with Gasteiger partial charge in [0.2, 0.25) is 11.6 Å². The van der Waals surface area contributed by atoms with Crippen LogP contribution in [-0.2, 0) is 13.1 Å². The van der Waals surface area contributed by atoms with Crippen LogP contribution < -0.4 is 0 Å². The molecule has 3 heterocycles. The fraction of sp³-hybridized carbons (Fsp3) is 0.500. The van der Waals surface area contributed by atoms with E-state index in [-0.39, 0.29) is 0 Å². The van der Waals surface area contributed by atoms with Crippen LogP contribution in [0.2, 0.25) is 0 Å². The third kappa shape index (κ3) is 14.2. The van der Waals surface area contributed by atoms with E-state index in [1.54, 1.807) is 9.59 Å². The minimum atomic E-state index is 0.635. The molecule has 0 aliphatic rings. The minimum absolute atomic E-state index is 0.635. The normalized spacial score (nSPS) is 11.1. The quantitative estimate of drug-likeness (QED) is 0.0439. The highest BCUT2D eigenvalue weighted by Crippen LogP contribution is 2.22. The maximum atomic E-state index is 4.62. The molecule has 11 heteroatoms. The van der Waals surface area contributed by atoms with Crippen LogP contribution in [-0.4, -0.2) is 49.2 Å². The first-order chi connectivity index (χ1) is 29.2. The molecule has 0 N–H and O–H groups in total. The number of hydrogen-bond acceptors (Lipinski definition) is 9. The molecule has 0 aliphatic carbocycles. The van der Waals surface area contributed by atoms with Crippen molar-refractivity contribution in [2.24, 2.45) is 0 Å². The van der Waals surface area contributed by atoms with Crippen molar-refractivity contribution in [1.29, 1.82) is 0 Å². The molecule has 0 aliphatic heterocycles. The van der Waals surface area contributed by atoms with Gasteiger partial charge in [0, 0.05) is 22.3 Å². The fourth-order valence-electron chi connectivity index (χ4n) is 7.14. The second-order valence-corrected chi connectivity index (χ2v) is 16.1.